The van der Waals surface area contributed by atoms with Crippen LogP contribution in [-0.4, -0.2) is 19.4 Å². The number of benzene rings is 1. The number of anilines is 1. The molecular formula is C9H11N3O4S. The van der Waals surface area contributed by atoms with Crippen LogP contribution in [0.2, 0.25) is 0 Å². The Hall–Kier alpha value is -1.67. The summed E-state index contributed by atoms with van der Waals surface area (Å²) in [6, 6.07) is 3.36. The number of rotatable bonds is 4. The number of hydrogen-bond acceptors (Lipinski definition) is 5. The van der Waals surface area contributed by atoms with Crippen molar-refractivity contribution in [3.63, 3.8) is 0 Å². The van der Waals surface area contributed by atoms with Gasteiger partial charge in [0.25, 0.3) is 5.69 Å². The maximum absolute atomic E-state index is 11.8. The van der Waals surface area contributed by atoms with Crippen LogP contribution in [0.15, 0.2) is 23.1 Å². The number of nitrogens with two attached hydrogens (primary N) is 1. The minimum absolute atomic E-state index is 0.0172. The maximum atomic E-state index is 11.8. The fourth-order valence-corrected chi connectivity index (χ4v) is 2.69. The summed E-state index contributed by atoms with van der Waals surface area (Å²) in [5, 5.41) is 10.5. The van der Waals surface area contributed by atoms with Gasteiger partial charge in [-0.05, 0) is 25.0 Å². The van der Waals surface area contributed by atoms with Crippen LogP contribution >= 0.6 is 0 Å². The lowest BCUT2D eigenvalue weighted by Crippen LogP contribution is -2.25. The van der Waals surface area contributed by atoms with Crippen molar-refractivity contribution in [1.82, 2.24) is 4.72 Å². The standard InChI is InChI=1S/C9H11N3O4S/c10-8-5-7(3-4-9(8)12(13)14)17(15,16)11-6-1-2-6/h3-6,11H,1-2,10H2. The van der Waals surface area contributed by atoms with E-state index in [0.717, 1.165) is 25.0 Å². The molecule has 1 aliphatic rings. The van der Waals surface area contributed by atoms with Crippen LogP contribution in [0.1, 0.15) is 12.8 Å². The van der Waals surface area contributed by atoms with Crippen molar-refractivity contribution in [2.45, 2.75) is 23.8 Å². The molecule has 0 radical (unpaired) electrons. The third-order valence-corrected chi connectivity index (χ3v) is 3.92. The van der Waals surface area contributed by atoms with E-state index >= 15 is 0 Å². The van der Waals surface area contributed by atoms with Crippen LogP contribution in [0.25, 0.3) is 0 Å². The minimum Gasteiger partial charge on any atom is -0.393 e. The van der Waals surface area contributed by atoms with Gasteiger partial charge in [-0.2, -0.15) is 0 Å². The van der Waals surface area contributed by atoms with E-state index in [2.05, 4.69) is 4.72 Å². The van der Waals surface area contributed by atoms with Crippen molar-refractivity contribution in [3.05, 3.63) is 28.3 Å². The summed E-state index contributed by atoms with van der Waals surface area (Å²) in [7, 11) is -3.61. The molecule has 1 aromatic carbocycles. The second-order valence-corrected chi connectivity index (χ2v) is 5.59. The molecule has 0 spiro atoms. The number of nitrogens with zero attached hydrogens (tertiary/aromatic N) is 1. The van der Waals surface area contributed by atoms with Crippen LogP contribution in [0.3, 0.4) is 0 Å². The van der Waals surface area contributed by atoms with Crippen LogP contribution in [0.4, 0.5) is 11.4 Å². The molecule has 0 unspecified atom stereocenters. The van der Waals surface area contributed by atoms with E-state index in [-0.39, 0.29) is 22.3 Å². The second kappa shape index (κ2) is 3.97. The molecular weight excluding hydrogens is 246 g/mol. The highest BCUT2D eigenvalue weighted by molar-refractivity contribution is 7.89. The predicted octanol–water partition coefficient (Wildman–Crippen LogP) is 0.618. The Morgan fingerprint density at radius 1 is 1.41 bits per heavy atom. The molecule has 0 bridgehead atoms. The Balaban J connectivity index is 2.33. The van der Waals surface area contributed by atoms with Crippen LogP contribution in [0, 0.1) is 10.1 Å². The van der Waals surface area contributed by atoms with Crippen LogP contribution < -0.4 is 10.5 Å². The Bertz CT molecular complexity index is 566. The number of nitro benzene ring substituents is 1. The highest BCUT2D eigenvalue weighted by atomic mass is 32.2. The smallest absolute Gasteiger partial charge is 0.292 e. The van der Waals surface area contributed by atoms with Gasteiger partial charge in [0, 0.05) is 12.1 Å². The number of nitro groups is 1. The first-order valence-corrected chi connectivity index (χ1v) is 6.45. The molecule has 17 heavy (non-hydrogen) atoms. The van der Waals surface area contributed by atoms with E-state index < -0.39 is 14.9 Å². The lowest BCUT2D eigenvalue weighted by molar-refractivity contribution is -0.383. The zero-order valence-electron chi connectivity index (χ0n) is 8.79. The van der Waals surface area contributed by atoms with Gasteiger partial charge in [-0.3, -0.25) is 10.1 Å². The van der Waals surface area contributed by atoms with Gasteiger partial charge >= 0.3 is 0 Å². The normalized spacial score (nSPS) is 15.8. The van der Waals surface area contributed by atoms with E-state index in [9.17, 15) is 18.5 Å². The first-order valence-electron chi connectivity index (χ1n) is 4.96. The largest absolute Gasteiger partial charge is 0.393 e. The maximum Gasteiger partial charge on any atom is 0.292 e. The molecule has 0 aromatic heterocycles. The topological polar surface area (TPSA) is 115 Å². The molecule has 1 fully saturated rings. The van der Waals surface area contributed by atoms with Crippen molar-refractivity contribution in [1.29, 1.82) is 0 Å². The molecule has 0 heterocycles. The van der Waals surface area contributed by atoms with Gasteiger partial charge in [0.15, 0.2) is 0 Å². The van der Waals surface area contributed by atoms with Gasteiger partial charge in [0.1, 0.15) is 5.69 Å². The number of hydrogen-bond donors (Lipinski definition) is 2. The lowest BCUT2D eigenvalue weighted by Gasteiger charge is -2.06. The van der Waals surface area contributed by atoms with Gasteiger partial charge < -0.3 is 5.73 Å². The lowest BCUT2D eigenvalue weighted by atomic mass is 10.3. The monoisotopic (exact) mass is 257 g/mol. The highest BCUT2D eigenvalue weighted by Gasteiger charge is 2.28. The fraction of sp³-hybridized carbons (Fsp3) is 0.333. The summed E-state index contributed by atoms with van der Waals surface area (Å²) in [4.78, 5) is 9.83. The average Bonchev–Trinajstić information content (AvgIpc) is 3.00. The molecule has 0 amide bonds. The summed E-state index contributed by atoms with van der Waals surface area (Å²) in [6.45, 7) is 0. The Morgan fingerprint density at radius 2 is 2.06 bits per heavy atom. The van der Waals surface area contributed by atoms with E-state index in [1.54, 1.807) is 0 Å². The third-order valence-electron chi connectivity index (χ3n) is 2.41. The fourth-order valence-electron chi connectivity index (χ4n) is 1.35. The van der Waals surface area contributed by atoms with Crippen molar-refractivity contribution in [3.8, 4) is 0 Å². The van der Waals surface area contributed by atoms with Gasteiger partial charge in [-0.25, -0.2) is 13.1 Å². The zero-order chi connectivity index (χ0) is 12.6. The molecule has 7 nitrogen and oxygen atoms in total. The summed E-state index contributed by atoms with van der Waals surface area (Å²) >= 11 is 0. The van der Waals surface area contributed by atoms with E-state index in [4.69, 9.17) is 5.73 Å². The number of nitrogens with one attached hydrogen (secondary N) is 1. The van der Waals surface area contributed by atoms with Gasteiger partial charge in [0.05, 0.1) is 9.82 Å². The van der Waals surface area contributed by atoms with Crippen LogP contribution in [0.5, 0.6) is 0 Å². The molecule has 8 heteroatoms. The summed E-state index contributed by atoms with van der Waals surface area (Å²) in [6.07, 6.45) is 1.64. The first-order chi connectivity index (χ1) is 7.90. The molecule has 0 saturated heterocycles. The van der Waals surface area contributed by atoms with Gasteiger partial charge in [-0.15, -0.1) is 0 Å². The highest BCUT2D eigenvalue weighted by Crippen LogP contribution is 2.26. The number of nitrogen functional groups attached to an aromatic ring is 1. The molecule has 92 valence electrons. The quantitative estimate of drug-likeness (QED) is 0.466. The van der Waals surface area contributed by atoms with Crippen molar-refractivity contribution >= 4 is 21.4 Å². The van der Waals surface area contributed by atoms with Crippen molar-refractivity contribution < 1.29 is 13.3 Å². The second-order valence-electron chi connectivity index (χ2n) is 3.87. The van der Waals surface area contributed by atoms with Crippen LogP contribution in [-0.2, 0) is 10.0 Å². The first kappa shape index (κ1) is 11.8. The summed E-state index contributed by atoms with van der Waals surface area (Å²) in [5.74, 6) is 0. The number of sulfonamides is 1. The summed E-state index contributed by atoms with van der Waals surface area (Å²) in [5.41, 5.74) is 4.98. The molecule has 0 aliphatic heterocycles. The van der Waals surface area contributed by atoms with E-state index in [1.807, 2.05) is 0 Å². The zero-order valence-corrected chi connectivity index (χ0v) is 9.61. The predicted molar refractivity (Wildman–Crippen MR) is 60.9 cm³/mol. The molecule has 3 N–H and O–H groups in total. The van der Waals surface area contributed by atoms with Crippen molar-refractivity contribution in [2.75, 3.05) is 5.73 Å². The molecule has 1 aromatic rings. The Morgan fingerprint density at radius 3 is 2.53 bits per heavy atom. The van der Waals surface area contributed by atoms with Gasteiger partial charge in [-0.1, -0.05) is 0 Å². The molecule has 1 aliphatic carbocycles. The molecule has 1 saturated carbocycles. The van der Waals surface area contributed by atoms with Gasteiger partial charge in [0.2, 0.25) is 10.0 Å². The van der Waals surface area contributed by atoms with E-state index in [1.165, 1.54) is 6.07 Å². The molecule has 0 atom stereocenters. The SMILES string of the molecule is Nc1cc(S(=O)(=O)NC2CC2)ccc1[N+](=O)[O-]. The van der Waals surface area contributed by atoms with Crippen molar-refractivity contribution in [2.24, 2.45) is 0 Å². The minimum atomic E-state index is -3.61. The average molecular weight is 257 g/mol. The Kier molecular flexibility index (Phi) is 2.76. The summed E-state index contributed by atoms with van der Waals surface area (Å²) < 4.78 is 26.0. The third kappa shape index (κ3) is 2.53. The Labute approximate surface area is 97.8 Å². The molecule has 2 rings (SSSR count). The van der Waals surface area contributed by atoms with E-state index in [0.29, 0.717) is 0 Å².